The number of amides is 2. The molecular weight excluding hydrogens is 421 g/mol. The molecular formula is C22H24FN3O4S. The van der Waals surface area contributed by atoms with Crippen LogP contribution in [-0.2, 0) is 14.8 Å². The first-order chi connectivity index (χ1) is 14.8. The van der Waals surface area contributed by atoms with Crippen LogP contribution in [0, 0.1) is 11.7 Å². The van der Waals surface area contributed by atoms with Crippen LogP contribution in [0.25, 0.3) is 0 Å². The van der Waals surface area contributed by atoms with Crippen molar-refractivity contribution in [1.82, 2.24) is 10.2 Å². The molecule has 2 aromatic rings. The average molecular weight is 446 g/mol. The molecule has 9 heteroatoms. The summed E-state index contributed by atoms with van der Waals surface area (Å²) in [4.78, 5) is 26.6. The normalized spacial score (nSPS) is 16.4. The highest BCUT2D eigenvalue weighted by molar-refractivity contribution is 7.92. The van der Waals surface area contributed by atoms with Gasteiger partial charge in [0.25, 0.3) is 15.9 Å². The van der Waals surface area contributed by atoms with Crippen LogP contribution in [0.3, 0.4) is 0 Å². The van der Waals surface area contributed by atoms with Crippen LogP contribution in [0.2, 0.25) is 0 Å². The molecule has 1 saturated heterocycles. The van der Waals surface area contributed by atoms with Crippen molar-refractivity contribution in [3.63, 3.8) is 0 Å². The van der Waals surface area contributed by atoms with Gasteiger partial charge in [0, 0.05) is 30.9 Å². The largest absolute Gasteiger partial charge is 0.352 e. The van der Waals surface area contributed by atoms with Gasteiger partial charge in [0.2, 0.25) is 5.91 Å². The lowest BCUT2D eigenvalue weighted by molar-refractivity contribution is -0.126. The van der Waals surface area contributed by atoms with E-state index in [0.717, 1.165) is 25.0 Å². The number of hydrogen-bond donors (Lipinski definition) is 2. The molecule has 0 spiro atoms. The first-order valence-corrected chi connectivity index (χ1v) is 11.3. The molecule has 7 nitrogen and oxygen atoms in total. The van der Waals surface area contributed by atoms with Gasteiger partial charge >= 0.3 is 0 Å². The van der Waals surface area contributed by atoms with E-state index >= 15 is 0 Å². The van der Waals surface area contributed by atoms with Crippen LogP contribution in [0.15, 0.2) is 66.1 Å². The summed E-state index contributed by atoms with van der Waals surface area (Å²) in [6.07, 6.45) is 3.06. The van der Waals surface area contributed by atoms with Gasteiger partial charge in [0.1, 0.15) is 5.82 Å². The Morgan fingerprint density at radius 1 is 1.13 bits per heavy atom. The second-order valence-electron chi connectivity index (χ2n) is 7.26. The SMILES string of the molecule is C=CCNC(=O)C1CCCN(C(=O)c2ccc(NS(=O)(=O)c3ccc(F)cc3)cc2)C1. The van der Waals surface area contributed by atoms with Gasteiger partial charge in [0.05, 0.1) is 10.8 Å². The number of likely N-dealkylation sites (tertiary alicyclic amines) is 1. The number of halogens is 1. The Hall–Kier alpha value is -3.20. The van der Waals surface area contributed by atoms with Crippen molar-refractivity contribution < 1.29 is 22.4 Å². The number of hydrogen-bond acceptors (Lipinski definition) is 4. The summed E-state index contributed by atoms with van der Waals surface area (Å²) < 4.78 is 40.2. The molecule has 1 fully saturated rings. The number of piperidine rings is 1. The number of anilines is 1. The zero-order valence-corrected chi connectivity index (χ0v) is 17.7. The Labute approximate surface area is 181 Å². The van der Waals surface area contributed by atoms with Gasteiger partial charge in [-0.3, -0.25) is 14.3 Å². The fraction of sp³-hybridized carbons (Fsp3) is 0.273. The first-order valence-electron chi connectivity index (χ1n) is 9.86. The van der Waals surface area contributed by atoms with Gasteiger partial charge in [-0.2, -0.15) is 0 Å². The molecule has 0 radical (unpaired) electrons. The Morgan fingerprint density at radius 3 is 2.45 bits per heavy atom. The van der Waals surface area contributed by atoms with E-state index in [2.05, 4.69) is 16.6 Å². The van der Waals surface area contributed by atoms with Crippen molar-refractivity contribution in [2.24, 2.45) is 5.92 Å². The molecule has 1 atom stereocenters. The lowest BCUT2D eigenvalue weighted by Gasteiger charge is -2.32. The Morgan fingerprint density at radius 2 is 1.81 bits per heavy atom. The van der Waals surface area contributed by atoms with E-state index in [0.29, 0.717) is 25.2 Å². The topological polar surface area (TPSA) is 95.6 Å². The van der Waals surface area contributed by atoms with Gasteiger partial charge in [0.15, 0.2) is 0 Å². The second kappa shape index (κ2) is 9.74. The van der Waals surface area contributed by atoms with Crippen molar-refractivity contribution in [3.05, 3.63) is 72.6 Å². The van der Waals surface area contributed by atoms with E-state index in [1.165, 1.54) is 36.4 Å². The van der Waals surface area contributed by atoms with E-state index in [-0.39, 0.29) is 28.3 Å². The van der Waals surface area contributed by atoms with Crippen molar-refractivity contribution in [2.45, 2.75) is 17.7 Å². The van der Waals surface area contributed by atoms with E-state index in [1.54, 1.807) is 11.0 Å². The number of sulfonamides is 1. The maximum Gasteiger partial charge on any atom is 0.261 e. The molecule has 1 aliphatic rings. The number of rotatable bonds is 7. The maximum atomic E-state index is 13.0. The van der Waals surface area contributed by atoms with E-state index in [9.17, 15) is 22.4 Å². The van der Waals surface area contributed by atoms with E-state index in [4.69, 9.17) is 0 Å². The molecule has 0 bridgehead atoms. The summed E-state index contributed by atoms with van der Waals surface area (Å²) >= 11 is 0. The monoisotopic (exact) mass is 445 g/mol. The quantitative estimate of drug-likeness (QED) is 0.641. The van der Waals surface area contributed by atoms with Gasteiger partial charge in [-0.05, 0) is 61.4 Å². The molecule has 1 heterocycles. The molecule has 2 amide bonds. The van der Waals surface area contributed by atoms with Crippen LogP contribution >= 0.6 is 0 Å². The van der Waals surface area contributed by atoms with Gasteiger partial charge < -0.3 is 10.2 Å². The minimum atomic E-state index is -3.87. The van der Waals surface area contributed by atoms with Crippen LogP contribution in [0.1, 0.15) is 23.2 Å². The maximum absolute atomic E-state index is 13.0. The summed E-state index contributed by atoms with van der Waals surface area (Å²) in [6.45, 7) is 4.85. The summed E-state index contributed by atoms with van der Waals surface area (Å²) in [5.74, 6) is -1.10. The summed E-state index contributed by atoms with van der Waals surface area (Å²) in [5.41, 5.74) is 0.679. The fourth-order valence-corrected chi connectivity index (χ4v) is 4.44. The van der Waals surface area contributed by atoms with Crippen LogP contribution in [0.4, 0.5) is 10.1 Å². The Bertz CT molecular complexity index is 1050. The van der Waals surface area contributed by atoms with Crippen molar-refractivity contribution in [1.29, 1.82) is 0 Å². The molecule has 31 heavy (non-hydrogen) atoms. The van der Waals surface area contributed by atoms with Gasteiger partial charge in [-0.15, -0.1) is 6.58 Å². The van der Waals surface area contributed by atoms with Gasteiger partial charge in [-0.1, -0.05) is 6.08 Å². The third kappa shape index (κ3) is 5.69. The predicted molar refractivity (Wildman–Crippen MR) is 115 cm³/mol. The standard InChI is InChI=1S/C22H24FN3O4S/c1-2-13-24-21(27)17-4-3-14-26(15-17)22(28)16-5-9-19(10-6-16)25-31(29,30)20-11-7-18(23)8-12-20/h2,5-12,17,25H,1,3-4,13-15H2,(H,24,27). The Balaban J connectivity index is 1.65. The van der Waals surface area contributed by atoms with E-state index < -0.39 is 15.8 Å². The number of nitrogens with zero attached hydrogens (tertiary/aromatic N) is 1. The smallest absolute Gasteiger partial charge is 0.261 e. The molecule has 0 aromatic heterocycles. The number of carbonyl (C=O) groups is 2. The zero-order valence-electron chi connectivity index (χ0n) is 16.9. The van der Waals surface area contributed by atoms with Crippen LogP contribution in [-0.4, -0.2) is 44.8 Å². The average Bonchev–Trinajstić information content (AvgIpc) is 2.77. The Kier molecular flexibility index (Phi) is 7.06. The minimum Gasteiger partial charge on any atom is -0.352 e. The fourth-order valence-electron chi connectivity index (χ4n) is 3.38. The molecule has 164 valence electrons. The molecule has 0 aliphatic carbocycles. The highest BCUT2D eigenvalue weighted by Gasteiger charge is 2.28. The summed E-state index contributed by atoms with van der Waals surface area (Å²) in [7, 11) is -3.87. The number of benzene rings is 2. The van der Waals surface area contributed by atoms with Crippen molar-refractivity contribution in [3.8, 4) is 0 Å². The summed E-state index contributed by atoms with van der Waals surface area (Å²) in [6, 6.07) is 10.5. The highest BCUT2D eigenvalue weighted by atomic mass is 32.2. The lowest BCUT2D eigenvalue weighted by atomic mass is 9.96. The molecule has 2 aromatic carbocycles. The molecule has 0 saturated carbocycles. The highest BCUT2D eigenvalue weighted by Crippen LogP contribution is 2.21. The van der Waals surface area contributed by atoms with Crippen molar-refractivity contribution in [2.75, 3.05) is 24.4 Å². The molecule has 3 rings (SSSR count). The van der Waals surface area contributed by atoms with Crippen molar-refractivity contribution >= 4 is 27.5 Å². The zero-order chi connectivity index (χ0) is 22.4. The molecule has 1 unspecified atom stereocenters. The van der Waals surface area contributed by atoms with Crippen LogP contribution < -0.4 is 10.0 Å². The minimum absolute atomic E-state index is 0.0665. The van der Waals surface area contributed by atoms with Gasteiger partial charge in [-0.25, -0.2) is 12.8 Å². The number of carbonyl (C=O) groups excluding carboxylic acids is 2. The first kappa shape index (κ1) is 22.5. The molecule has 1 aliphatic heterocycles. The third-order valence-corrected chi connectivity index (χ3v) is 6.41. The number of nitrogens with one attached hydrogen (secondary N) is 2. The second-order valence-corrected chi connectivity index (χ2v) is 8.94. The lowest BCUT2D eigenvalue weighted by Crippen LogP contribution is -2.45. The third-order valence-electron chi connectivity index (χ3n) is 5.01. The predicted octanol–water partition coefficient (Wildman–Crippen LogP) is 2.78. The molecule has 2 N–H and O–H groups in total. The van der Waals surface area contributed by atoms with Crippen LogP contribution in [0.5, 0.6) is 0 Å². The summed E-state index contributed by atoms with van der Waals surface area (Å²) in [5, 5.41) is 2.77. The van der Waals surface area contributed by atoms with E-state index in [1.807, 2.05) is 0 Å².